The SMILES string of the molecule is CCC1CCC2(CC1)NC(=O)N(CC(=O)Nc1ccc(N3CCCC3)cc1)C2=O. The predicted molar refractivity (Wildman–Crippen MR) is 112 cm³/mol. The topological polar surface area (TPSA) is 81.8 Å². The van der Waals surface area contributed by atoms with Crippen LogP contribution in [0.2, 0.25) is 0 Å². The Bertz CT molecular complexity index is 778. The lowest BCUT2D eigenvalue weighted by atomic mass is 9.75. The van der Waals surface area contributed by atoms with Crippen LogP contribution in [0.15, 0.2) is 24.3 Å². The lowest BCUT2D eigenvalue weighted by Crippen LogP contribution is -2.49. The van der Waals surface area contributed by atoms with Crippen molar-refractivity contribution in [3.8, 4) is 0 Å². The summed E-state index contributed by atoms with van der Waals surface area (Å²) in [6, 6.07) is 7.27. The Morgan fingerprint density at radius 3 is 2.41 bits per heavy atom. The van der Waals surface area contributed by atoms with Gasteiger partial charge in [-0.05, 0) is 68.7 Å². The van der Waals surface area contributed by atoms with Gasteiger partial charge in [-0.15, -0.1) is 0 Å². The van der Waals surface area contributed by atoms with E-state index in [9.17, 15) is 14.4 Å². The summed E-state index contributed by atoms with van der Waals surface area (Å²) in [6.07, 6.45) is 6.72. The third kappa shape index (κ3) is 3.95. The quantitative estimate of drug-likeness (QED) is 0.747. The molecule has 7 heteroatoms. The summed E-state index contributed by atoms with van der Waals surface area (Å²) >= 11 is 0. The van der Waals surface area contributed by atoms with Crippen LogP contribution in [0.4, 0.5) is 16.2 Å². The number of anilines is 2. The standard InChI is InChI=1S/C22H30N4O3/c1-2-16-9-11-22(12-10-16)20(28)26(21(29)24-22)15-19(27)23-17-5-7-18(8-6-17)25-13-3-4-14-25/h5-8,16H,2-4,9-15H2,1H3,(H,23,27)(H,24,29). The molecule has 0 atom stereocenters. The largest absolute Gasteiger partial charge is 0.372 e. The van der Waals surface area contributed by atoms with Gasteiger partial charge in [-0.25, -0.2) is 4.79 Å². The van der Waals surface area contributed by atoms with Gasteiger partial charge >= 0.3 is 6.03 Å². The third-order valence-corrected chi connectivity index (χ3v) is 6.71. The zero-order chi connectivity index (χ0) is 20.4. The second kappa shape index (κ2) is 8.05. The van der Waals surface area contributed by atoms with Gasteiger partial charge in [-0.3, -0.25) is 14.5 Å². The summed E-state index contributed by atoms with van der Waals surface area (Å²) in [5, 5.41) is 5.68. The van der Waals surface area contributed by atoms with Crippen molar-refractivity contribution in [1.82, 2.24) is 10.2 Å². The molecule has 0 aromatic heterocycles. The summed E-state index contributed by atoms with van der Waals surface area (Å²) in [7, 11) is 0. The van der Waals surface area contributed by atoms with Gasteiger partial charge in [0.05, 0.1) is 0 Å². The number of nitrogens with one attached hydrogen (secondary N) is 2. The Morgan fingerprint density at radius 1 is 1.14 bits per heavy atom. The molecule has 2 N–H and O–H groups in total. The zero-order valence-electron chi connectivity index (χ0n) is 17.1. The number of hydrogen-bond acceptors (Lipinski definition) is 4. The molecular weight excluding hydrogens is 368 g/mol. The first-order valence-corrected chi connectivity index (χ1v) is 10.8. The number of nitrogens with zero attached hydrogens (tertiary/aromatic N) is 2. The zero-order valence-corrected chi connectivity index (χ0v) is 17.1. The molecular formula is C22H30N4O3. The number of amides is 4. The van der Waals surface area contributed by atoms with Crippen molar-refractivity contribution in [2.45, 2.75) is 57.4 Å². The summed E-state index contributed by atoms with van der Waals surface area (Å²) in [4.78, 5) is 41.2. The van der Waals surface area contributed by atoms with Crippen LogP contribution in [0, 0.1) is 5.92 Å². The van der Waals surface area contributed by atoms with Crippen LogP contribution in [0.5, 0.6) is 0 Å². The number of imide groups is 1. The van der Waals surface area contributed by atoms with Crippen LogP contribution in [0.25, 0.3) is 0 Å². The van der Waals surface area contributed by atoms with Crippen LogP contribution in [-0.2, 0) is 9.59 Å². The Kier molecular flexibility index (Phi) is 5.48. The Balaban J connectivity index is 1.34. The van der Waals surface area contributed by atoms with Gasteiger partial charge in [0, 0.05) is 24.5 Å². The number of carbonyl (C=O) groups is 3. The Hall–Kier alpha value is -2.57. The average molecular weight is 399 g/mol. The monoisotopic (exact) mass is 398 g/mol. The van der Waals surface area contributed by atoms with Gasteiger partial charge in [0.1, 0.15) is 12.1 Å². The second-order valence-corrected chi connectivity index (χ2v) is 8.54. The normalized spacial score (nSPS) is 26.9. The molecule has 2 aliphatic heterocycles. The molecule has 1 aromatic rings. The van der Waals surface area contributed by atoms with E-state index in [2.05, 4.69) is 22.5 Å². The van der Waals surface area contributed by atoms with Gasteiger partial charge in [-0.2, -0.15) is 0 Å². The summed E-state index contributed by atoms with van der Waals surface area (Å²) in [5.74, 6) is 0.00417. The molecule has 4 amide bonds. The summed E-state index contributed by atoms with van der Waals surface area (Å²) in [6.45, 7) is 4.04. The number of rotatable bonds is 5. The van der Waals surface area contributed by atoms with E-state index in [0.717, 1.165) is 42.9 Å². The number of hydrogen-bond donors (Lipinski definition) is 2. The molecule has 1 spiro atoms. The molecule has 0 radical (unpaired) electrons. The molecule has 1 aliphatic carbocycles. The van der Waals surface area contributed by atoms with E-state index in [0.29, 0.717) is 24.4 Å². The fourth-order valence-electron chi connectivity index (χ4n) is 4.81. The van der Waals surface area contributed by atoms with Gasteiger partial charge in [-0.1, -0.05) is 13.3 Å². The minimum atomic E-state index is -0.805. The molecule has 2 saturated heterocycles. The lowest BCUT2D eigenvalue weighted by molar-refractivity contribution is -0.135. The summed E-state index contributed by atoms with van der Waals surface area (Å²) in [5.41, 5.74) is 1.02. The molecule has 29 heavy (non-hydrogen) atoms. The van der Waals surface area contributed by atoms with Crippen LogP contribution < -0.4 is 15.5 Å². The fraction of sp³-hybridized carbons (Fsp3) is 0.591. The first kappa shape index (κ1) is 19.7. The molecule has 1 aromatic carbocycles. The highest BCUT2D eigenvalue weighted by Gasteiger charge is 2.52. The van der Waals surface area contributed by atoms with Crippen molar-refractivity contribution in [3.05, 3.63) is 24.3 Å². The number of carbonyl (C=O) groups excluding carboxylic acids is 3. The first-order valence-electron chi connectivity index (χ1n) is 10.8. The fourth-order valence-corrected chi connectivity index (χ4v) is 4.81. The Morgan fingerprint density at radius 2 is 1.79 bits per heavy atom. The predicted octanol–water partition coefficient (Wildman–Crippen LogP) is 3.12. The van der Waals surface area contributed by atoms with E-state index in [1.807, 2.05) is 24.3 Å². The highest BCUT2D eigenvalue weighted by Crippen LogP contribution is 2.37. The molecule has 4 rings (SSSR count). The molecule has 2 heterocycles. The van der Waals surface area contributed by atoms with Gasteiger partial charge in [0.2, 0.25) is 5.91 Å². The summed E-state index contributed by atoms with van der Waals surface area (Å²) < 4.78 is 0. The number of urea groups is 1. The van der Waals surface area contributed by atoms with Crippen LogP contribution >= 0.6 is 0 Å². The highest BCUT2D eigenvalue weighted by molar-refractivity contribution is 6.10. The molecule has 156 valence electrons. The molecule has 1 saturated carbocycles. The number of benzene rings is 1. The average Bonchev–Trinajstić information content (AvgIpc) is 3.33. The molecule has 0 unspecified atom stereocenters. The van der Waals surface area contributed by atoms with Crippen molar-refractivity contribution >= 4 is 29.2 Å². The Labute approximate surface area is 171 Å². The van der Waals surface area contributed by atoms with Crippen LogP contribution in [0.3, 0.4) is 0 Å². The minimum absolute atomic E-state index is 0.252. The highest BCUT2D eigenvalue weighted by atomic mass is 16.2. The van der Waals surface area contributed by atoms with Crippen LogP contribution in [0.1, 0.15) is 51.9 Å². The maximum Gasteiger partial charge on any atom is 0.325 e. The second-order valence-electron chi connectivity index (χ2n) is 8.54. The molecule has 0 bridgehead atoms. The van der Waals surface area contributed by atoms with Crippen molar-refractivity contribution in [2.24, 2.45) is 5.92 Å². The maximum absolute atomic E-state index is 12.9. The van der Waals surface area contributed by atoms with E-state index in [-0.39, 0.29) is 18.4 Å². The van der Waals surface area contributed by atoms with E-state index in [1.54, 1.807) is 0 Å². The molecule has 3 fully saturated rings. The van der Waals surface area contributed by atoms with E-state index < -0.39 is 11.6 Å². The molecule has 3 aliphatic rings. The van der Waals surface area contributed by atoms with Crippen molar-refractivity contribution in [3.63, 3.8) is 0 Å². The van der Waals surface area contributed by atoms with Gasteiger partial charge < -0.3 is 15.5 Å². The van der Waals surface area contributed by atoms with E-state index in [1.165, 1.54) is 12.8 Å². The first-order chi connectivity index (χ1) is 14.0. The van der Waals surface area contributed by atoms with Crippen molar-refractivity contribution in [2.75, 3.05) is 29.9 Å². The van der Waals surface area contributed by atoms with E-state index in [4.69, 9.17) is 0 Å². The maximum atomic E-state index is 12.9. The smallest absolute Gasteiger partial charge is 0.325 e. The molecule has 7 nitrogen and oxygen atoms in total. The van der Waals surface area contributed by atoms with Crippen molar-refractivity contribution < 1.29 is 14.4 Å². The minimum Gasteiger partial charge on any atom is -0.372 e. The van der Waals surface area contributed by atoms with Gasteiger partial charge in [0.25, 0.3) is 5.91 Å². The third-order valence-electron chi connectivity index (χ3n) is 6.71. The van der Waals surface area contributed by atoms with E-state index >= 15 is 0 Å². The van der Waals surface area contributed by atoms with Gasteiger partial charge in [0.15, 0.2) is 0 Å². The van der Waals surface area contributed by atoms with Crippen LogP contribution in [-0.4, -0.2) is 47.9 Å². The lowest BCUT2D eigenvalue weighted by Gasteiger charge is -2.34. The van der Waals surface area contributed by atoms with Crippen molar-refractivity contribution in [1.29, 1.82) is 0 Å².